The lowest BCUT2D eigenvalue weighted by atomic mass is 10.3. The molecule has 0 bridgehead atoms. The van der Waals surface area contributed by atoms with E-state index in [4.69, 9.17) is 10.5 Å². The van der Waals surface area contributed by atoms with Gasteiger partial charge in [-0.15, -0.1) is 0 Å². The van der Waals surface area contributed by atoms with Crippen LogP contribution < -0.4 is 11.1 Å². The predicted molar refractivity (Wildman–Crippen MR) is 65.3 cm³/mol. The molecule has 16 heavy (non-hydrogen) atoms. The van der Waals surface area contributed by atoms with E-state index < -0.39 is 0 Å². The van der Waals surface area contributed by atoms with Gasteiger partial charge in [-0.25, -0.2) is 0 Å². The van der Waals surface area contributed by atoms with Crippen LogP contribution in [-0.4, -0.2) is 57.2 Å². The average molecular weight is 231 g/mol. The number of hydrogen-bond acceptors (Lipinski definition) is 4. The fourth-order valence-corrected chi connectivity index (χ4v) is 1.33. The van der Waals surface area contributed by atoms with Crippen molar-refractivity contribution in [2.24, 2.45) is 5.73 Å². The molecular formula is C11H25N3O2. The standard InChI is InChI=1S/C11H25N3O2/c1-3-6-13-11(15)10-14(7-4-5-12)8-9-16-2/h3-10,12H2,1-2H3,(H,13,15). The fourth-order valence-electron chi connectivity index (χ4n) is 1.33. The highest BCUT2D eigenvalue weighted by atomic mass is 16.5. The van der Waals surface area contributed by atoms with Crippen molar-refractivity contribution in [3.63, 3.8) is 0 Å². The highest BCUT2D eigenvalue weighted by Crippen LogP contribution is 1.91. The normalized spacial score (nSPS) is 10.8. The molecule has 0 heterocycles. The van der Waals surface area contributed by atoms with Crippen molar-refractivity contribution < 1.29 is 9.53 Å². The van der Waals surface area contributed by atoms with Crippen molar-refractivity contribution >= 4 is 5.91 Å². The zero-order chi connectivity index (χ0) is 12.2. The van der Waals surface area contributed by atoms with E-state index in [-0.39, 0.29) is 5.91 Å². The van der Waals surface area contributed by atoms with Gasteiger partial charge >= 0.3 is 0 Å². The third-order valence-electron chi connectivity index (χ3n) is 2.23. The Morgan fingerprint density at radius 3 is 2.75 bits per heavy atom. The van der Waals surface area contributed by atoms with Crippen LogP contribution in [0.15, 0.2) is 0 Å². The van der Waals surface area contributed by atoms with Crippen LogP contribution in [0.1, 0.15) is 19.8 Å². The molecule has 0 saturated heterocycles. The lowest BCUT2D eigenvalue weighted by molar-refractivity contribution is -0.122. The summed E-state index contributed by atoms with van der Waals surface area (Å²) in [5.41, 5.74) is 5.46. The van der Waals surface area contributed by atoms with Crippen LogP contribution in [-0.2, 0) is 9.53 Å². The Kier molecular flexibility index (Phi) is 10.4. The first-order chi connectivity index (χ1) is 7.74. The summed E-state index contributed by atoms with van der Waals surface area (Å²) in [6.07, 6.45) is 1.87. The molecule has 0 spiro atoms. The molecule has 0 saturated carbocycles. The number of amides is 1. The van der Waals surface area contributed by atoms with Crippen molar-refractivity contribution in [3.05, 3.63) is 0 Å². The van der Waals surface area contributed by atoms with E-state index in [1.807, 2.05) is 6.92 Å². The minimum Gasteiger partial charge on any atom is -0.383 e. The molecule has 0 fully saturated rings. The summed E-state index contributed by atoms with van der Waals surface area (Å²) >= 11 is 0. The van der Waals surface area contributed by atoms with Crippen LogP contribution in [0.4, 0.5) is 0 Å². The summed E-state index contributed by atoms with van der Waals surface area (Å²) in [6, 6.07) is 0. The predicted octanol–water partition coefficient (Wildman–Crippen LogP) is -0.190. The van der Waals surface area contributed by atoms with E-state index in [0.717, 1.165) is 32.5 Å². The van der Waals surface area contributed by atoms with Gasteiger partial charge in [-0.05, 0) is 25.9 Å². The molecule has 0 atom stereocenters. The maximum atomic E-state index is 11.5. The van der Waals surface area contributed by atoms with Crippen LogP contribution in [0.3, 0.4) is 0 Å². The van der Waals surface area contributed by atoms with Crippen LogP contribution >= 0.6 is 0 Å². The van der Waals surface area contributed by atoms with Crippen molar-refractivity contribution in [1.82, 2.24) is 10.2 Å². The van der Waals surface area contributed by atoms with Gasteiger partial charge in [0.15, 0.2) is 0 Å². The van der Waals surface area contributed by atoms with Gasteiger partial charge in [0.1, 0.15) is 0 Å². The molecule has 0 unspecified atom stereocenters. The van der Waals surface area contributed by atoms with Crippen molar-refractivity contribution in [1.29, 1.82) is 0 Å². The second-order valence-corrected chi connectivity index (χ2v) is 3.76. The number of ether oxygens (including phenoxy) is 1. The molecule has 0 aliphatic heterocycles. The lowest BCUT2D eigenvalue weighted by Crippen LogP contribution is -2.40. The minimum absolute atomic E-state index is 0.0787. The molecule has 3 N–H and O–H groups in total. The molecule has 0 aromatic heterocycles. The topological polar surface area (TPSA) is 67.6 Å². The molecule has 5 heteroatoms. The number of hydrogen-bond donors (Lipinski definition) is 2. The van der Waals surface area contributed by atoms with Crippen molar-refractivity contribution in [3.8, 4) is 0 Å². The van der Waals surface area contributed by atoms with E-state index in [0.29, 0.717) is 19.7 Å². The van der Waals surface area contributed by atoms with Crippen LogP contribution in [0.2, 0.25) is 0 Å². The molecular weight excluding hydrogens is 206 g/mol. The third kappa shape index (κ3) is 8.64. The molecule has 0 radical (unpaired) electrons. The van der Waals surface area contributed by atoms with Gasteiger partial charge in [-0.2, -0.15) is 0 Å². The Morgan fingerprint density at radius 2 is 2.19 bits per heavy atom. The van der Waals surface area contributed by atoms with Crippen molar-refractivity contribution in [2.45, 2.75) is 19.8 Å². The number of methoxy groups -OCH3 is 1. The number of nitrogens with one attached hydrogen (secondary N) is 1. The zero-order valence-corrected chi connectivity index (χ0v) is 10.5. The highest BCUT2D eigenvalue weighted by Gasteiger charge is 2.09. The van der Waals surface area contributed by atoms with Gasteiger partial charge in [0.05, 0.1) is 13.2 Å². The molecule has 5 nitrogen and oxygen atoms in total. The van der Waals surface area contributed by atoms with Crippen molar-refractivity contribution in [2.75, 3.05) is 46.4 Å². The second kappa shape index (κ2) is 10.9. The SMILES string of the molecule is CCCNC(=O)CN(CCCN)CCOC. The second-order valence-electron chi connectivity index (χ2n) is 3.76. The Bertz CT molecular complexity index is 169. The number of nitrogens with zero attached hydrogens (tertiary/aromatic N) is 1. The summed E-state index contributed by atoms with van der Waals surface area (Å²) < 4.78 is 5.01. The molecule has 1 amide bonds. The van der Waals surface area contributed by atoms with E-state index in [2.05, 4.69) is 10.2 Å². The Hall–Kier alpha value is -0.650. The van der Waals surface area contributed by atoms with Gasteiger partial charge in [-0.3, -0.25) is 9.69 Å². The van der Waals surface area contributed by atoms with E-state index in [1.54, 1.807) is 7.11 Å². The maximum absolute atomic E-state index is 11.5. The summed E-state index contributed by atoms with van der Waals surface area (Å²) in [4.78, 5) is 13.6. The van der Waals surface area contributed by atoms with Gasteiger partial charge in [0.25, 0.3) is 0 Å². The summed E-state index contributed by atoms with van der Waals surface area (Å²) in [5, 5.41) is 2.86. The Labute approximate surface area is 98.3 Å². The number of carbonyl (C=O) groups is 1. The Balaban J connectivity index is 3.82. The Morgan fingerprint density at radius 1 is 1.44 bits per heavy atom. The van der Waals surface area contributed by atoms with Crippen LogP contribution in [0.25, 0.3) is 0 Å². The van der Waals surface area contributed by atoms with Gasteiger partial charge in [0.2, 0.25) is 5.91 Å². The molecule has 96 valence electrons. The first kappa shape index (κ1) is 15.3. The summed E-state index contributed by atoms with van der Waals surface area (Å²) in [7, 11) is 1.66. The molecule has 0 rings (SSSR count). The maximum Gasteiger partial charge on any atom is 0.234 e. The minimum atomic E-state index is 0.0787. The van der Waals surface area contributed by atoms with E-state index >= 15 is 0 Å². The molecule has 0 aliphatic rings. The zero-order valence-electron chi connectivity index (χ0n) is 10.5. The largest absolute Gasteiger partial charge is 0.383 e. The quantitative estimate of drug-likeness (QED) is 0.547. The summed E-state index contributed by atoms with van der Waals surface area (Å²) in [6.45, 7) is 6.13. The average Bonchev–Trinajstić information content (AvgIpc) is 2.30. The first-order valence-electron chi connectivity index (χ1n) is 5.92. The van der Waals surface area contributed by atoms with E-state index in [9.17, 15) is 4.79 Å². The van der Waals surface area contributed by atoms with E-state index in [1.165, 1.54) is 0 Å². The van der Waals surface area contributed by atoms with Crippen LogP contribution in [0, 0.1) is 0 Å². The monoisotopic (exact) mass is 231 g/mol. The molecule has 0 aromatic carbocycles. The van der Waals surface area contributed by atoms with Gasteiger partial charge in [-0.1, -0.05) is 6.92 Å². The number of carbonyl (C=O) groups excluding carboxylic acids is 1. The third-order valence-corrected chi connectivity index (χ3v) is 2.23. The van der Waals surface area contributed by atoms with Gasteiger partial charge in [0, 0.05) is 20.2 Å². The highest BCUT2D eigenvalue weighted by molar-refractivity contribution is 5.77. The fraction of sp³-hybridized carbons (Fsp3) is 0.909. The van der Waals surface area contributed by atoms with Gasteiger partial charge < -0.3 is 15.8 Å². The lowest BCUT2D eigenvalue weighted by Gasteiger charge is -2.20. The number of nitrogens with two attached hydrogens (primary N) is 1. The number of rotatable bonds is 10. The first-order valence-corrected chi connectivity index (χ1v) is 5.92. The molecule has 0 aliphatic carbocycles. The summed E-state index contributed by atoms with van der Waals surface area (Å²) in [5.74, 6) is 0.0787. The van der Waals surface area contributed by atoms with Crippen LogP contribution in [0.5, 0.6) is 0 Å². The smallest absolute Gasteiger partial charge is 0.234 e. The molecule has 0 aromatic rings.